The van der Waals surface area contributed by atoms with Gasteiger partial charge in [-0.1, -0.05) is 54.9 Å². The van der Waals surface area contributed by atoms with Crippen molar-refractivity contribution in [2.75, 3.05) is 0 Å². The van der Waals surface area contributed by atoms with E-state index in [1.807, 2.05) is 52.0 Å². The molecule has 1 amide bonds. The fourth-order valence-electron chi connectivity index (χ4n) is 1.60. The molecule has 100 valence electrons. The molecule has 1 aromatic rings. The third-order valence-electron chi connectivity index (χ3n) is 2.95. The number of halogens is 1. The first-order valence-electron chi connectivity index (χ1n) is 6.04. The molecule has 0 aliphatic carbocycles. The smallest absolute Gasteiger partial charge is 0.237 e. The summed E-state index contributed by atoms with van der Waals surface area (Å²) in [5, 5.41) is 2.95. The first kappa shape index (κ1) is 15.2. The number of nitrogens with one attached hydrogen (secondary N) is 1. The molecule has 0 heterocycles. The molecule has 1 unspecified atom stereocenters. The first-order chi connectivity index (χ1) is 8.23. The molecule has 0 saturated heterocycles. The Morgan fingerprint density at radius 2 is 1.89 bits per heavy atom. The van der Waals surface area contributed by atoms with Crippen molar-refractivity contribution in [3.63, 3.8) is 0 Å². The van der Waals surface area contributed by atoms with Crippen LogP contribution in [0.5, 0.6) is 0 Å². The molecule has 1 aromatic carbocycles. The molecule has 0 aliphatic rings. The van der Waals surface area contributed by atoms with E-state index in [0.29, 0.717) is 0 Å². The van der Waals surface area contributed by atoms with E-state index >= 15 is 0 Å². The van der Waals surface area contributed by atoms with Crippen LogP contribution in [0.15, 0.2) is 28.7 Å². The minimum Gasteiger partial charge on any atom is -0.348 e. The zero-order chi connectivity index (χ0) is 13.9. The van der Waals surface area contributed by atoms with Crippen LogP contribution in [0, 0.1) is 5.41 Å². The minimum absolute atomic E-state index is 0.0681. The van der Waals surface area contributed by atoms with Crippen LogP contribution in [0.1, 0.15) is 39.3 Å². The van der Waals surface area contributed by atoms with Gasteiger partial charge in [0.25, 0.3) is 0 Å². The van der Waals surface area contributed by atoms with Gasteiger partial charge in [0, 0.05) is 4.47 Å². The molecule has 4 heteroatoms. The van der Waals surface area contributed by atoms with Crippen LogP contribution in [0.25, 0.3) is 0 Å². The monoisotopic (exact) mass is 312 g/mol. The molecule has 18 heavy (non-hydrogen) atoms. The van der Waals surface area contributed by atoms with Gasteiger partial charge in [0.1, 0.15) is 0 Å². The summed E-state index contributed by atoms with van der Waals surface area (Å²) >= 11 is 3.48. The molecule has 0 aliphatic heterocycles. The standard InChI is InChI=1S/C14H21BrN2O/c1-9(10-7-5-6-8-11(10)15)17-13(18)12(16)14(2,3)4/h5-9,12H,16H2,1-4H3,(H,17,18)/t9?,12-/m0/s1. The van der Waals surface area contributed by atoms with E-state index in [1.54, 1.807) is 0 Å². The number of carbonyl (C=O) groups is 1. The van der Waals surface area contributed by atoms with E-state index < -0.39 is 6.04 Å². The van der Waals surface area contributed by atoms with Gasteiger partial charge >= 0.3 is 0 Å². The number of nitrogens with two attached hydrogens (primary N) is 1. The molecule has 0 aromatic heterocycles. The number of benzene rings is 1. The summed E-state index contributed by atoms with van der Waals surface area (Å²) < 4.78 is 0.988. The van der Waals surface area contributed by atoms with Crippen LogP contribution < -0.4 is 11.1 Å². The van der Waals surface area contributed by atoms with Crippen LogP contribution in [0.2, 0.25) is 0 Å². The van der Waals surface area contributed by atoms with Crippen molar-refractivity contribution in [1.29, 1.82) is 0 Å². The van der Waals surface area contributed by atoms with E-state index in [0.717, 1.165) is 10.0 Å². The molecular formula is C14H21BrN2O. The van der Waals surface area contributed by atoms with Gasteiger partial charge in [0.15, 0.2) is 0 Å². The fourth-order valence-corrected chi connectivity index (χ4v) is 2.23. The Morgan fingerprint density at radius 1 is 1.33 bits per heavy atom. The van der Waals surface area contributed by atoms with E-state index in [1.165, 1.54) is 0 Å². The van der Waals surface area contributed by atoms with Gasteiger partial charge in [0.2, 0.25) is 5.91 Å². The van der Waals surface area contributed by atoms with Crippen molar-refractivity contribution < 1.29 is 4.79 Å². The van der Waals surface area contributed by atoms with Crippen molar-refractivity contribution in [1.82, 2.24) is 5.32 Å². The minimum atomic E-state index is -0.512. The van der Waals surface area contributed by atoms with Crippen molar-refractivity contribution >= 4 is 21.8 Å². The van der Waals surface area contributed by atoms with Crippen molar-refractivity contribution in [3.05, 3.63) is 34.3 Å². The third-order valence-corrected chi connectivity index (χ3v) is 3.67. The second-order valence-electron chi connectivity index (χ2n) is 5.60. The Labute approximate surface area is 117 Å². The lowest BCUT2D eigenvalue weighted by Gasteiger charge is -2.27. The lowest BCUT2D eigenvalue weighted by Crippen LogP contribution is -2.49. The molecule has 0 fully saturated rings. The summed E-state index contributed by atoms with van der Waals surface area (Å²) in [7, 11) is 0. The highest BCUT2D eigenvalue weighted by molar-refractivity contribution is 9.10. The quantitative estimate of drug-likeness (QED) is 0.901. The number of hydrogen-bond acceptors (Lipinski definition) is 2. The van der Waals surface area contributed by atoms with Gasteiger partial charge < -0.3 is 11.1 Å². The SMILES string of the molecule is CC(NC(=O)[C@H](N)C(C)(C)C)c1ccccc1Br. The van der Waals surface area contributed by atoms with Crippen LogP contribution >= 0.6 is 15.9 Å². The average molecular weight is 313 g/mol. The Bertz CT molecular complexity index is 426. The molecule has 3 N–H and O–H groups in total. The van der Waals surface area contributed by atoms with Crippen molar-refractivity contribution in [2.24, 2.45) is 11.1 Å². The van der Waals surface area contributed by atoms with Gasteiger partial charge in [-0.25, -0.2) is 0 Å². The summed E-state index contributed by atoms with van der Waals surface area (Å²) in [4.78, 5) is 12.0. The highest BCUT2D eigenvalue weighted by Crippen LogP contribution is 2.24. The zero-order valence-electron chi connectivity index (χ0n) is 11.3. The topological polar surface area (TPSA) is 55.1 Å². The number of amides is 1. The van der Waals surface area contributed by atoms with Crippen LogP contribution in [-0.4, -0.2) is 11.9 Å². The summed E-state index contributed by atoms with van der Waals surface area (Å²) in [6.07, 6.45) is 0. The molecule has 0 bridgehead atoms. The molecule has 2 atom stereocenters. The fraction of sp³-hybridized carbons (Fsp3) is 0.500. The van der Waals surface area contributed by atoms with Gasteiger partial charge in [-0.3, -0.25) is 4.79 Å². The molecule has 0 saturated carbocycles. The van der Waals surface area contributed by atoms with E-state index in [2.05, 4.69) is 21.2 Å². The summed E-state index contributed by atoms with van der Waals surface area (Å²) in [6.45, 7) is 7.83. The third kappa shape index (κ3) is 3.82. The van der Waals surface area contributed by atoms with E-state index in [-0.39, 0.29) is 17.4 Å². The Morgan fingerprint density at radius 3 is 2.39 bits per heavy atom. The average Bonchev–Trinajstić information content (AvgIpc) is 2.27. The van der Waals surface area contributed by atoms with Gasteiger partial charge in [-0.2, -0.15) is 0 Å². The van der Waals surface area contributed by atoms with Gasteiger partial charge in [-0.15, -0.1) is 0 Å². The molecule has 1 rings (SSSR count). The highest BCUT2D eigenvalue weighted by atomic mass is 79.9. The summed E-state index contributed by atoms with van der Waals surface area (Å²) in [5.74, 6) is -0.120. The second-order valence-corrected chi connectivity index (χ2v) is 6.45. The predicted molar refractivity (Wildman–Crippen MR) is 78.1 cm³/mol. The second kappa shape index (κ2) is 5.85. The van der Waals surface area contributed by atoms with Crippen LogP contribution in [0.3, 0.4) is 0 Å². The summed E-state index contributed by atoms with van der Waals surface area (Å²) in [5.41, 5.74) is 6.74. The number of rotatable bonds is 3. The Hall–Kier alpha value is -0.870. The van der Waals surface area contributed by atoms with Crippen LogP contribution in [-0.2, 0) is 4.79 Å². The van der Waals surface area contributed by atoms with Crippen LogP contribution in [0.4, 0.5) is 0 Å². The maximum atomic E-state index is 12.0. The predicted octanol–water partition coefficient (Wildman–Crippen LogP) is 3.00. The Kier molecular flexibility index (Phi) is 4.93. The zero-order valence-corrected chi connectivity index (χ0v) is 12.9. The van der Waals surface area contributed by atoms with E-state index in [9.17, 15) is 4.79 Å². The first-order valence-corrected chi connectivity index (χ1v) is 6.83. The molecule has 0 spiro atoms. The Balaban J connectivity index is 2.75. The molecular weight excluding hydrogens is 292 g/mol. The number of hydrogen-bond donors (Lipinski definition) is 2. The van der Waals surface area contributed by atoms with Crippen molar-refractivity contribution in [2.45, 2.75) is 39.8 Å². The maximum absolute atomic E-state index is 12.0. The van der Waals surface area contributed by atoms with Crippen molar-refractivity contribution in [3.8, 4) is 0 Å². The number of carbonyl (C=O) groups excluding carboxylic acids is 1. The largest absolute Gasteiger partial charge is 0.348 e. The summed E-state index contributed by atoms with van der Waals surface area (Å²) in [6, 6.07) is 7.26. The normalized spacial score (nSPS) is 15.0. The lowest BCUT2D eigenvalue weighted by atomic mass is 9.86. The molecule has 0 radical (unpaired) electrons. The maximum Gasteiger partial charge on any atom is 0.237 e. The van der Waals surface area contributed by atoms with E-state index in [4.69, 9.17) is 5.73 Å². The molecule has 3 nitrogen and oxygen atoms in total. The van der Waals surface area contributed by atoms with Gasteiger partial charge in [0.05, 0.1) is 12.1 Å². The lowest BCUT2D eigenvalue weighted by molar-refractivity contribution is -0.125. The highest BCUT2D eigenvalue weighted by Gasteiger charge is 2.28. The van der Waals surface area contributed by atoms with Gasteiger partial charge in [-0.05, 0) is 24.0 Å².